The van der Waals surface area contributed by atoms with Crippen LogP contribution in [0.15, 0.2) is 16.7 Å². The molecule has 1 aromatic rings. The predicted molar refractivity (Wildman–Crippen MR) is 77.6 cm³/mol. The number of ether oxygens (including phenoxy) is 1. The summed E-state index contributed by atoms with van der Waals surface area (Å²) in [6, 6.07) is 1.43. The third-order valence-electron chi connectivity index (χ3n) is 5.18. The largest absolute Gasteiger partial charge is 0.478 e. The van der Waals surface area contributed by atoms with Crippen LogP contribution in [-0.4, -0.2) is 48.5 Å². The highest BCUT2D eigenvalue weighted by Gasteiger charge is 2.55. The molecule has 3 rings (SSSR count). The first-order chi connectivity index (χ1) is 11.3. The van der Waals surface area contributed by atoms with Gasteiger partial charge >= 0.3 is 12.1 Å². The van der Waals surface area contributed by atoms with Crippen LogP contribution in [0.4, 0.5) is 13.2 Å². The highest BCUT2D eigenvalue weighted by atomic mass is 19.4. The van der Waals surface area contributed by atoms with Gasteiger partial charge in [-0.25, -0.2) is 4.79 Å². The molecule has 5 nitrogen and oxygen atoms in total. The zero-order valence-corrected chi connectivity index (χ0v) is 13.1. The lowest BCUT2D eigenvalue weighted by atomic mass is 9.65. The Balaban J connectivity index is 1.74. The summed E-state index contributed by atoms with van der Waals surface area (Å²) < 4.78 is 50.9. The molecular weight excluding hydrogens is 327 g/mol. The highest BCUT2D eigenvalue weighted by molar-refractivity contribution is 5.87. The number of alkyl halides is 3. The molecule has 1 N–H and O–H groups in total. The smallest absolute Gasteiger partial charge is 0.392 e. The number of hydrogen-bond donors (Lipinski definition) is 1. The predicted octanol–water partition coefficient (Wildman–Crippen LogP) is 3.16. The average molecular weight is 347 g/mol. The second kappa shape index (κ2) is 6.40. The van der Waals surface area contributed by atoms with E-state index in [4.69, 9.17) is 14.3 Å². The lowest BCUT2D eigenvalue weighted by Crippen LogP contribution is -2.55. The second-order valence-corrected chi connectivity index (χ2v) is 6.68. The van der Waals surface area contributed by atoms with Crippen LogP contribution >= 0.6 is 0 Å². The number of carbonyl (C=O) groups is 1. The van der Waals surface area contributed by atoms with Gasteiger partial charge in [-0.05, 0) is 37.3 Å². The third kappa shape index (κ3) is 3.44. The van der Waals surface area contributed by atoms with Gasteiger partial charge in [0, 0.05) is 19.8 Å². The zero-order chi connectivity index (χ0) is 17.4. The Kier molecular flexibility index (Phi) is 4.61. The summed E-state index contributed by atoms with van der Waals surface area (Å²) in [5, 5.41) is 8.91. The van der Waals surface area contributed by atoms with Gasteiger partial charge in [-0.15, -0.1) is 0 Å². The number of likely N-dealkylation sites (tertiary alicyclic amines) is 1. The van der Waals surface area contributed by atoms with E-state index in [9.17, 15) is 18.0 Å². The summed E-state index contributed by atoms with van der Waals surface area (Å²) >= 11 is 0. The summed E-state index contributed by atoms with van der Waals surface area (Å²) in [5.41, 5.74) is -0.771. The molecule has 0 saturated carbocycles. The molecule has 1 aromatic heterocycles. The monoisotopic (exact) mass is 347 g/mol. The number of hydrogen-bond acceptors (Lipinski definition) is 4. The Morgan fingerprint density at radius 3 is 2.67 bits per heavy atom. The van der Waals surface area contributed by atoms with Crippen molar-refractivity contribution in [1.29, 1.82) is 0 Å². The molecule has 0 aliphatic carbocycles. The van der Waals surface area contributed by atoms with Gasteiger partial charge in [0.1, 0.15) is 12.0 Å². The molecule has 1 unspecified atom stereocenters. The maximum atomic E-state index is 13.5. The Labute approximate surface area is 137 Å². The Hall–Kier alpha value is -1.54. The van der Waals surface area contributed by atoms with Gasteiger partial charge in [-0.1, -0.05) is 0 Å². The number of furan rings is 1. The van der Waals surface area contributed by atoms with E-state index in [0.29, 0.717) is 51.4 Å². The molecule has 3 heterocycles. The van der Waals surface area contributed by atoms with Crippen molar-refractivity contribution in [1.82, 2.24) is 4.90 Å². The van der Waals surface area contributed by atoms with Crippen molar-refractivity contribution < 1.29 is 32.2 Å². The summed E-state index contributed by atoms with van der Waals surface area (Å²) in [5.74, 6) is -1.93. The maximum absolute atomic E-state index is 13.5. The van der Waals surface area contributed by atoms with E-state index in [1.165, 1.54) is 6.07 Å². The molecule has 0 amide bonds. The molecule has 2 fully saturated rings. The van der Waals surface area contributed by atoms with Crippen molar-refractivity contribution in [2.24, 2.45) is 11.3 Å². The molecular formula is C16H20F3NO4. The van der Waals surface area contributed by atoms with Crippen LogP contribution in [0.2, 0.25) is 0 Å². The molecule has 8 heteroatoms. The van der Waals surface area contributed by atoms with E-state index in [1.54, 1.807) is 0 Å². The summed E-state index contributed by atoms with van der Waals surface area (Å²) in [6.07, 6.45) is -2.21. The fraction of sp³-hybridized carbons (Fsp3) is 0.688. The number of piperidine rings is 1. The van der Waals surface area contributed by atoms with E-state index in [-0.39, 0.29) is 12.0 Å². The summed E-state index contributed by atoms with van der Waals surface area (Å²) in [7, 11) is 0. The van der Waals surface area contributed by atoms with Gasteiger partial charge < -0.3 is 14.3 Å². The SMILES string of the molecule is O=C(O)c1coc(CN2CCC(C(F)(F)F)C3(CCOCC3)C2)c1. The first-order valence-electron chi connectivity index (χ1n) is 7.98. The molecule has 1 atom stereocenters. The van der Waals surface area contributed by atoms with Gasteiger partial charge in [0.05, 0.1) is 18.0 Å². The van der Waals surface area contributed by atoms with Crippen molar-refractivity contribution in [2.75, 3.05) is 26.3 Å². The lowest BCUT2D eigenvalue weighted by molar-refractivity contribution is -0.236. The number of nitrogens with zero attached hydrogens (tertiary/aromatic N) is 1. The lowest BCUT2D eigenvalue weighted by Gasteiger charge is -2.50. The Bertz CT molecular complexity index is 592. The number of aromatic carboxylic acids is 1. The third-order valence-corrected chi connectivity index (χ3v) is 5.18. The zero-order valence-electron chi connectivity index (χ0n) is 13.1. The molecule has 2 saturated heterocycles. The van der Waals surface area contributed by atoms with Crippen LogP contribution in [0.1, 0.15) is 35.4 Å². The van der Waals surface area contributed by atoms with E-state index in [1.807, 2.05) is 4.90 Å². The van der Waals surface area contributed by atoms with Crippen LogP contribution in [0.5, 0.6) is 0 Å². The molecule has 2 aliphatic heterocycles. The standard InChI is InChI=1S/C16H20F3NO4/c17-16(18,19)13-1-4-20(10-15(13)2-5-23-6-3-15)8-12-7-11(9-24-12)14(21)22/h7,9,13H,1-6,8,10H2,(H,21,22). The maximum Gasteiger partial charge on any atom is 0.392 e. The van der Waals surface area contributed by atoms with Crippen molar-refractivity contribution in [3.05, 3.63) is 23.7 Å². The van der Waals surface area contributed by atoms with Gasteiger partial charge in [-0.2, -0.15) is 13.2 Å². The Morgan fingerprint density at radius 1 is 1.38 bits per heavy atom. The Morgan fingerprint density at radius 2 is 2.08 bits per heavy atom. The second-order valence-electron chi connectivity index (χ2n) is 6.68. The first-order valence-corrected chi connectivity index (χ1v) is 7.98. The van der Waals surface area contributed by atoms with E-state index in [2.05, 4.69) is 0 Å². The normalized spacial score (nSPS) is 25.0. The van der Waals surface area contributed by atoms with Crippen molar-refractivity contribution in [3.63, 3.8) is 0 Å². The molecule has 0 aromatic carbocycles. The number of halogens is 3. The van der Waals surface area contributed by atoms with Crippen LogP contribution in [0.25, 0.3) is 0 Å². The molecule has 0 bridgehead atoms. The van der Waals surface area contributed by atoms with E-state index in [0.717, 1.165) is 6.26 Å². The van der Waals surface area contributed by atoms with Crippen LogP contribution in [0.3, 0.4) is 0 Å². The molecule has 1 spiro atoms. The topological polar surface area (TPSA) is 62.9 Å². The molecule has 2 aliphatic rings. The summed E-state index contributed by atoms with van der Waals surface area (Å²) in [4.78, 5) is 12.8. The number of carboxylic acids is 1. The fourth-order valence-electron chi connectivity index (χ4n) is 3.98. The minimum absolute atomic E-state index is 0.0516. The minimum Gasteiger partial charge on any atom is -0.478 e. The van der Waals surface area contributed by atoms with Crippen molar-refractivity contribution in [3.8, 4) is 0 Å². The summed E-state index contributed by atoms with van der Waals surface area (Å²) in [6.45, 7) is 1.66. The quantitative estimate of drug-likeness (QED) is 0.910. The molecule has 134 valence electrons. The van der Waals surface area contributed by atoms with Gasteiger partial charge in [0.25, 0.3) is 0 Å². The van der Waals surface area contributed by atoms with Crippen LogP contribution in [0, 0.1) is 11.3 Å². The van der Waals surface area contributed by atoms with Crippen molar-refractivity contribution >= 4 is 5.97 Å². The number of rotatable bonds is 3. The minimum atomic E-state index is -4.20. The van der Waals surface area contributed by atoms with Gasteiger partial charge in [0.2, 0.25) is 0 Å². The van der Waals surface area contributed by atoms with Crippen molar-refractivity contribution in [2.45, 2.75) is 32.0 Å². The molecule has 24 heavy (non-hydrogen) atoms. The fourth-order valence-corrected chi connectivity index (χ4v) is 3.98. The number of carboxylic acid groups (broad SMARTS) is 1. The van der Waals surface area contributed by atoms with Crippen LogP contribution < -0.4 is 0 Å². The first kappa shape index (κ1) is 17.3. The van der Waals surface area contributed by atoms with E-state index < -0.39 is 23.5 Å². The highest BCUT2D eigenvalue weighted by Crippen LogP contribution is 2.51. The van der Waals surface area contributed by atoms with Gasteiger partial charge in [-0.3, -0.25) is 4.90 Å². The average Bonchev–Trinajstić information content (AvgIpc) is 2.95. The van der Waals surface area contributed by atoms with E-state index >= 15 is 0 Å². The molecule has 0 radical (unpaired) electrons. The van der Waals surface area contributed by atoms with Gasteiger partial charge in [0.15, 0.2) is 0 Å². The van der Waals surface area contributed by atoms with Crippen LogP contribution in [-0.2, 0) is 11.3 Å².